The van der Waals surface area contributed by atoms with Crippen LogP contribution < -0.4 is 5.73 Å². The van der Waals surface area contributed by atoms with Gasteiger partial charge in [-0.05, 0) is 6.07 Å². The maximum absolute atomic E-state index is 10.6. The summed E-state index contributed by atoms with van der Waals surface area (Å²) in [5, 5.41) is 5.21. The monoisotopic (exact) mass is 189 g/mol. The molecule has 2 N–H and O–H groups in total. The van der Waals surface area contributed by atoms with E-state index in [1.54, 1.807) is 12.3 Å². The Balaban J connectivity index is 2.57. The van der Waals surface area contributed by atoms with Gasteiger partial charge in [-0.2, -0.15) is 5.10 Å². The zero-order chi connectivity index (χ0) is 9.97. The molecule has 1 aromatic heterocycles. The van der Waals surface area contributed by atoms with Gasteiger partial charge in [-0.1, -0.05) is 12.1 Å². The van der Waals surface area contributed by atoms with Crippen molar-refractivity contribution in [3.8, 4) is 0 Å². The second-order valence-corrected chi connectivity index (χ2v) is 3.09. The minimum atomic E-state index is 0.544. The van der Waals surface area contributed by atoms with E-state index in [9.17, 15) is 4.79 Å². The van der Waals surface area contributed by atoms with E-state index in [1.807, 2.05) is 16.8 Å². The second-order valence-electron chi connectivity index (χ2n) is 3.09. The molecule has 0 atom stereocenters. The molecule has 72 valence electrons. The molecule has 14 heavy (non-hydrogen) atoms. The number of hydrogen-bond donors (Lipinski definition) is 1. The highest BCUT2D eigenvalue weighted by Gasteiger charge is 2.02. The fourth-order valence-electron chi connectivity index (χ4n) is 1.46. The van der Waals surface area contributed by atoms with Gasteiger partial charge < -0.3 is 5.73 Å². The maximum Gasteiger partial charge on any atom is 0.150 e. The number of benzene rings is 1. The summed E-state index contributed by atoms with van der Waals surface area (Å²) in [6.07, 6.45) is 2.61. The molecule has 0 saturated carbocycles. The van der Waals surface area contributed by atoms with Crippen molar-refractivity contribution < 1.29 is 4.79 Å². The lowest BCUT2D eigenvalue weighted by Gasteiger charge is -2.00. The molecular weight excluding hydrogens is 178 g/mol. The van der Waals surface area contributed by atoms with Crippen LogP contribution in [0.4, 0.5) is 0 Å². The average Bonchev–Trinajstić information content (AvgIpc) is 2.61. The number of nitrogens with zero attached hydrogens (tertiary/aromatic N) is 2. The molecule has 0 aliphatic rings. The summed E-state index contributed by atoms with van der Waals surface area (Å²) in [6, 6.07) is 5.49. The van der Waals surface area contributed by atoms with Gasteiger partial charge in [0.1, 0.15) is 6.29 Å². The Labute approximate surface area is 81.3 Å². The molecule has 4 heteroatoms. The zero-order valence-electron chi connectivity index (χ0n) is 7.68. The number of fused-ring (bicyclic) bond motifs is 1. The summed E-state index contributed by atoms with van der Waals surface area (Å²) < 4.78 is 1.81. The number of aldehydes is 1. The topological polar surface area (TPSA) is 60.9 Å². The predicted molar refractivity (Wildman–Crippen MR) is 54.2 cm³/mol. The first-order valence-electron chi connectivity index (χ1n) is 4.46. The highest BCUT2D eigenvalue weighted by atomic mass is 16.1. The van der Waals surface area contributed by atoms with Crippen LogP contribution in [0, 0.1) is 0 Å². The summed E-state index contributed by atoms with van der Waals surface area (Å²) in [5.74, 6) is 0. The minimum Gasteiger partial charge on any atom is -0.329 e. The molecule has 0 aliphatic carbocycles. The summed E-state index contributed by atoms with van der Waals surface area (Å²) in [7, 11) is 0. The molecule has 1 aromatic carbocycles. The first-order valence-corrected chi connectivity index (χ1v) is 4.46. The van der Waals surface area contributed by atoms with Gasteiger partial charge in [-0.15, -0.1) is 0 Å². The smallest absolute Gasteiger partial charge is 0.150 e. The summed E-state index contributed by atoms with van der Waals surface area (Å²) in [4.78, 5) is 10.6. The van der Waals surface area contributed by atoms with Crippen LogP contribution >= 0.6 is 0 Å². The Morgan fingerprint density at radius 3 is 3.07 bits per heavy atom. The molecule has 4 nitrogen and oxygen atoms in total. The van der Waals surface area contributed by atoms with Crippen LogP contribution in [0.25, 0.3) is 10.9 Å². The molecule has 0 fully saturated rings. The Morgan fingerprint density at radius 1 is 1.50 bits per heavy atom. The quantitative estimate of drug-likeness (QED) is 0.727. The van der Waals surface area contributed by atoms with Crippen LogP contribution in [0.3, 0.4) is 0 Å². The Bertz CT molecular complexity index is 461. The fourth-order valence-corrected chi connectivity index (χ4v) is 1.46. The first kappa shape index (κ1) is 8.90. The first-order chi connectivity index (χ1) is 6.85. The zero-order valence-corrected chi connectivity index (χ0v) is 7.68. The standard InChI is InChI=1S/C10H11N3O/c11-3-4-13-10-5-8(7-14)1-2-9(10)6-12-13/h1-2,5-7H,3-4,11H2. The van der Waals surface area contributed by atoms with Crippen LogP contribution in [0.5, 0.6) is 0 Å². The van der Waals surface area contributed by atoms with Crippen LogP contribution in [0.15, 0.2) is 24.4 Å². The van der Waals surface area contributed by atoms with E-state index in [-0.39, 0.29) is 0 Å². The van der Waals surface area contributed by atoms with Gasteiger partial charge >= 0.3 is 0 Å². The van der Waals surface area contributed by atoms with Crippen LogP contribution in [0.2, 0.25) is 0 Å². The van der Waals surface area contributed by atoms with Crippen LogP contribution in [0.1, 0.15) is 10.4 Å². The summed E-state index contributed by atoms with van der Waals surface area (Å²) in [6.45, 7) is 1.22. The molecule has 0 radical (unpaired) electrons. The van der Waals surface area contributed by atoms with Crippen molar-refractivity contribution >= 4 is 17.2 Å². The number of aromatic nitrogens is 2. The third-order valence-corrected chi connectivity index (χ3v) is 2.15. The lowest BCUT2D eigenvalue weighted by Crippen LogP contribution is -2.10. The van der Waals surface area contributed by atoms with E-state index in [0.29, 0.717) is 18.7 Å². The number of carbonyl (C=O) groups excluding carboxylic acids is 1. The van der Waals surface area contributed by atoms with Gasteiger partial charge in [0.2, 0.25) is 0 Å². The number of carbonyl (C=O) groups is 1. The molecule has 1 heterocycles. The van der Waals surface area contributed by atoms with Gasteiger partial charge in [-0.3, -0.25) is 9.48 Å². The van der Waals surface area contributed by atoms with Crippen molar-refractivity contribution in [3.05, 3.63) is 30.0 Å². The molecule has 0 saturated heterocycles. The highest BCUT2D eigenvalue weighted by Crippen LogP contribution is 2.14. The largest absolute Gasteiger partial charge is 0.329 e. The number of rotatable bonds is 3. The molecular formula is C10H11N3O. The Morgan fingerprint density at radius 2 is 2.36 bits per heavy atom. The molecule has 0 unspecified atom stereocenters. The van der Waals surface area contributed by atoms with Crippen molar-refractivity contribution in [1.82, 2.24) is 9.78 Å². The molecule has 0 aliphatic heterocycles. The summed E-state index contributed by atoms with van der Waals surface area (Å²) >= 11 is 0. The van der Waals surface area contributed by atoms with E-state index in [0.717, 1.165) is 17.2 Å². The lowest BCUT2D eigenvalue weighted by molar-refractivity contribution is 0.112. The van der Waals surface area contributed by atoms with Gasteiger partial charge in [0.05, 0.1) is 18.3 Å². The van der Waals surface area contributed by atoms with E-state index < -0.39 is 0 Å². The minimum absolute atomic E-state index is 0.544. The second kappa shape index (κ2) is 3.59. The fraction of sp³-hybridized carbons (Fsp3) is 0.200. The third-order valence-electron chi connectivity index (χ3n) is 2.15. The maximum atomic E-state index is 10.6. The third kappa shape index (κ3) is 1.40. The molecule has 2 rings (SSSR count). The Kier molecular flexibility index (Phi) is 2.28. The van der Waals surface area contributed by atoms with Gasteiger partial charge in [0, 0.05) is 17.5 Å². The van der Waals surface area contributed by atoms with E-state index in [4.69, 9.17) is 5.73 Å². The van der Waals surface area contributed by atoms with Gasteiger partial charge in [0.15, 0.2) is 0 Å². The normalized spacial score (nSPS) is 10.6. The average molecular weight is 189 g/mol. The summed E-state index contributed by atoms with van der Waals surface area (Å²) in [5.41, 5.74) is 7.07. The SMILES string of the molecule is NCCn1ncc2ccc(C=O)cc21. The molecule has 0 bridgehead atoms. The van der Waals surface area contributed by atoms with Crippen molar-refractivity contribution in [2.45, 2.75) is 6.54 Å². The van der Waals surface area contributed by atoms with E-state index in [1.165, 1.54) is 0 Å². The van der Waals surface area contributed by atoms with E-state index in [2.05, 4.69) is 5.10 Å². The van der Waals surface area contributed by atoms with Crippen LogP contribution in [-0.2, 0) is 6.54 Å². The molecule has 0 amide bonds. The van der Waals surface area contributed by atoms with Crippen molar-refractivity contribution in [1.29, 1.82) is 0 Å². The van der Waals surface area contributed by atoms with E-state index >= 15 is 0 Å². The highest BCUT2D eigenvalue weighted by molar-refractivity contribution is 5.86. The van der Waals surface area contributed by atoms with Gasteiger partial charge in [-0.25, -0.2) is 0 Å². The van der Waals surface area contributed by atoms with Crippen molar-refractivity contribution in [2.24, 2.45) is 5.73 Å². The number of nitrogens with two attached hydrogens (primary N) is 1. The van der Waals surface area contributed by atoms with Crippen LogP contribution in [-0.4, -0.2) is 22.6 Å². The molecule has 0 spiro atoms. The van der Waals surface area contributed by atoms with Gasteiger partial charge in [0.25, 0.3) is 0 Å². The lowest BCUT2D eigenvalue weighted by atomic mass is 10.2. The van der Waals surface area contributed by atoms with Crippen molar-refractivity contribution in [3.63, 3.8) is 0 Å². The van der Waals surface area contributed by atoms with Crippen molar-refractivity contribution in [2.75, 3.05) is 6.54 Å². The Hall–Kier alpha value is -1.68. The number of hydrogen-bond acceptors (Lipinski definition) is 3. The predicted octanol–water partition coefficient (Wildman–Crippen LogP) is 0.807. The molecule has 2 aromatic rings.